The van der Waals surface area contributed by atoms with Crippen LogP contribution in [0.25, 0.3) is 0 Å². The maximum atomic E-state index is 13.4. The molecule has 1 aromatic heterocycles. The average Bonchev–Trinajstić information content (AvgIpc) is 2.91. The first kappa shape index (κ1) is 13.7. The minimum atomic E-state index is -0.306. The molecule has 1 aromatic carbocycles. The molecule has 0 spiro atoms. The van der Waals surface area contributed by atoms with E-state index in [1.165, 1.54) is 17.8 Å². The van der Waals surface area contributed by atoms with Gasteiger partial charge in [-0.3, -0.25) is 4.79 Å². The van der Waals surface area contributed by atoms with Crippen molar-refractivity contribution in [1.82, 2.24) is 5.32 Å². The number of carbonyl (C=O) groups excluding carboxylic acids is 1. The van der Waals surface area contributed by atoms with E-state index < -0.39 is 0 Å². The number of rotatable bonds is 5. The smallest absolute Gasteiger partial charge is 0.230 e. The summed E-state index contributed by atoms with van der Waals surface area (Å²) in [7, 11) is 0. The third kappa shape index (κ3) is 3.86. The Labute approximate surface area is 115 Å². The van der Waals surface area contributed by atoms with Gasteiger partial charge in [0.2, 0.25) is 5.91 Å². The Morgan fingerprint density at radius 2 is 2.16 bits per heavy atom. The highest BCUT2D eigenvalue weighted by molar-refractivity contribution is 8.00. The maximum absolute atomic E-state index is 13.4. The Kier molecular flexibility index (Phi) is 4.63. The van der Waals surface area contributed by atoms with E-state index in [9.17, 15) is 9.18 Å². The fourth-order valence-electron chi connectivity index (χ4n) is 1.60. The van der Waals surface area contributed by atoms with Crippen molar-refractivity contribution in [2.75, 3.05) is 5.75 Å². The molecule has 0 radical (unpaired) electrons. The first-order valence-corrected chi connectivity index (χ1v) is 6.85. The molecule has 1 N–H and O–H groups in total. The third-order valence-corrected chi connectivity index (χ3v) is 3.59. The number of hydrogen-bond donors (Lipinski definition) is 1. The Balaban J connectivity index is 1.84. The van der Waals surface area contributed by atoms with Gasteiger partial charge < -0.3 is 9.73 Å². The van der Waals surface area contributed by atoms with E-state index in [-0.39, 0.29) is 23.5 Å². The van der Waals surface area contributed by atoms with Gasteiger partial charge in [0.15, 0.2) is 0 Å². The zero-order chi connectivity index (χ0) is 13.7. The van der Waals surface area contributed by atoms with Crippen molar-refractivity contribution in [3.05, 3.63) is 54.2 Å². The van der Waals surface area contributed by atoms with Gasteiger partial charge in [-0.2, -0.15) is 0 Å². The zero-order valence-corrected chi connectivity index (χ0v) is 11.2. The Hall–Kier alpha value is -1.75. The van der Waals surface area contributed by atoms with Crippen LogP contribution in [0.1, 0.15) is 18.7 Å². The molecule has 0 bridgehead atoms. The summed E-state index contributed by atoms with van der Waals surface area (Å²) in [4.78, 5) is 12.2. The van der Waals surface area contributed by atoms with Gasteiger partial charge in [0.25, 0.3) is 0 Å². The molecule has 0 saturated heterocycles. The van der Waals surface area contributed by atoms with Gasteiger partial charge in [-0.1, -0.05) is 12.1 Å². The summed E-state index contributed by atoms with van der Waals surface area (Å²) in [5, 5.41) is 2.80. The van der Waals surface area contributed by atoms with Crippen LogP contribution in [-0.4, -0.2) is 11.7 Å². The van der Waals surface area contributed by atoms with Crippen LogP contribution in [0.5, 0.6) is 0 Å². The van der Waals surface area contributed by atoms with E-state index in [0.29, 0.717) is 10.7 Å². The molecule has 0 aliphatic carbocycles. The van der Waals surface area contributed by atoms with Crippen LogP contribution in [0.4, 0.5) is 4.39 Å². The number of furan rings is 1. The summed E-state index contributed by atoms with van der Waals surface area (Å²) in [5.41, 5.74) is 0. The highest BCUT2D eigenvalue weighted by atomic mass is 32.2. The first-order chi connectivity index (χ1) is 9.16. The van der Waals surface area contributed by atoms with Gasteiger partial charge in [0.1, 0.15) is 11.6 Å². The number of nitrogens with one attached hydrogen (secondary N) is 1. The number of hydrogen-bond acceptors (Lipinski definition) is 3. The topological polar surface area (TPSA) is 42.2 Å². The fourth-order valence-corrected chi connectivity index (χ4v) is 2.35. The number of carbonyl (C=O) groups is 1. The molecule has 19 heavy (non-hydrogen) atoms. The van der Waals surface area contributed by atoms with Crippen molar-refractivity contribution >= 4 is 17.7 Å². The SMILES string of the molecule is CC(NC(=O)CSc1ccccc1F)c1ccco1. The minimum absolute atomic E-state index is 0.155. The second-order valence-electron chi connectivity index (χ2n) is 4.02. The minimum Gasteiger partial charge on any atom is -0.467 e. The largest absolute Gasteiger partial charge is 0.467 e. The quantitative estimate of drug-likeness (QED) is 0.853. The predicted octanol–water partition coefficient (Wildman–Crippen LogP) is 3.39. The van der Waals surface area contributed by atoms with Crippen molar-refractivity contribution < 1.29 is 13.6 Å². The molecule has 1 heterocycles. The van der Waals surface area contributed by atoms with E-state index in [1.54, 1.807) is 36.6 Å². The molecule has 0 fully saturated rings. The van der Waals surface area contributed by atoms with Gasteiger partial charge in [0.05, 0.1) is 18.1 Å². The van der Waals surface area contributed by atoms with Gasteiger partial charge in [-0.15, -0.1) is 11.8 Å². The third-order valence-electron chi connectivity index (χ3n) is 2.54. The average molecular weight is 279 g/mol. The van der Waals surface area contributed by atoms with Crippen LogP contribution in [0.3, 0.4) is 0 Å². The Morgan fingerprint density at radius 1 is 1.37 bits per heavy atom. The molecule has 0 aliphatic rings. The van der Waals surface area contributed by atoms with Crippen LogP contribution >= 0.6 is 11.8 Å². The Bertz CT molecular complexity index is 542. The molecule has 5 heteroatoms. The van der Waals surface area contributed by atoms with E-state index in [2.05, 4.69) is 5.32 Å². The Morgan fingerprint density at radius 3 is 2.84 bits per heavy atom. The summed E-state index contributed by atoms with van der Waals surface area (Å²) >= 11 is 1.18. The van der Waals surface area contributed by atoms with E-state index in [0.717, 1.165) is 0 Å². The van der Waals surface area contributed by atoms with Gasteiger partial charge in [-0.05, 0) is 31.2 Å². The number of halogens is 1. The lowest BCUT2D eigenvalue weighted by atomic mass is 10.2. The zero-order valence-electron chi connectivity index (χ0n) is 10.4. The van der Waals surface area contributed by atoms with Crippen LogP contribution in [0, 0.1) is 5.82 Å². The summed E-state index contributed by atoms with van der Waals surface area (Å²) in [6.45, 7) is 1.84. The summed E-state index contributed by atoms with van der Waals surface area (Å²) in [6.07, 6.45) is 1.56. The maximum Gasteiger partial charge on any atom is 0.230 e. The highest BCUT2D eigenvalue weighted by Gasteiger charge is 2.12. The predicted molar refractivity (Wildman–Crippen MR) is 72.4 cm³/mol. The molecule has 2 aromatic rings. The van der Waals surface area contributed by atoms with Crippen molar-refractivity contribution in [2.24, 2.45) is 0 Å². The van der Waals surface area contributed by atoms with Crippen LogP contribution < -0.4 is 5.32 Å². The molecule has 100 valence electrons. The normalized spacial score (nSPS) is 12.1. The molecular formula is C14H14FNO2S. The highest BCUT2D eigenvalue weighted by Crippen LogP contribution is 2.21. The second-order valence-corrected chi connectivity index (χ2v) is 5.04. The van der Waals surface area contributed by atoms with Crippen molar-refractivity contribution in [3.63, 3.8) is 0 Å². The van der Waals surface area contributed by atoms with E-state index in [1.807, 2.05) is 6.92 Å². The van der Waals surface area contributed by atoms with Crippen LogP contribution in [0.15, 0.2) is 52.0 Å². The molecule has 0 aliphatic heterocycles. The number of amides is 1. The first-order valence-electron chi connectivity index (χ1n) is 5.87. The van der Waals surface area contributed by atoms with Gasteiger partial charge >= 0.3 is 0 Å². The van der Waals surface area contributed by atoms with Crippen LogP contribution in [-0.2, 0) is 4.79 Å². The molecule has 0 saturated carbocycles. The van der Waals surface area contributed by atoms with Crippen molar-refractivity contribution in [3.8, 4) is 0 Å². The monoisotopic (exact) mass is 279 g/mol. The van der Waals surface area contributed by atoms with Gasteiger partial charge in [0, 0.05) is 4.90 Å². The molecule has 2 rings (SSSR count). The lowest BCUT2D eigenvalue weighted by molar-refractivity contribution is -0.119. The summed E-state index contributed by atoms with van der Waals surface area (Å²) in [5.74, 6) is 0.409. The standard InChI is InChI=1S/C14H14FNO2S/c1-10(12-6-4-8-18-12)16-14(17)9-19-13-7-3-2-5-11(13)15/h2-8,10H,9H2,1H3,(H,16,17). The number of thioether (sulfide) groups is 1. The fraction of sp³-hybridized carbons (Fsp3) is 0.214. The summed E-state index contributed by atoms with van der Waals surface area (Å²) in [6, 6.07) is 9.78. The van der Waals surface area contributed by atoms with Gasteiger partial charge in [-0.25, -0.2) is 4.39 Å². The summed E-state index contributed by atoms with van der Waals surface area (Å²) < 4.78 is 18.6. The molecule has 1 atom stereocenters. The lowest BCUT2D eigenvalue weighted by Gasteiger charge is -2.11. The van der Waals surface area contributed by atoms with Crippen molar-refractivity contribution in [1.29, 1.82) is 0 Å². The van der Waals surface area contributed by atoms with Crippen LogP contribution in [0.2, 0.25) is 0 Å². The number of benzene rings is 1. The molecule has 3 nitrogen and oxygen atoms in total. The molecule has 1 amide bonds. The molecule has 1 unspecified atom stereocenters. The second kappa shape index (κ2) is 6.43. The van der Waals surface area contributed by atoms with E-state index in [4.69, 9.17) is 4.42 Å². The molecular weight excluding hydrogens is 265 g/mol. The lowest BCUT2D eigenvalue weighted by Crippen LogP contribution is -2.27. The van der Waals surface area contributed by atoms with E-state index >= 15 is 0 Å². The van der Waals surface area contributed by atoms with Crippen molar-refractivity contribution in [2.45, 2.75) is 17.9 Å².